The number of carboxylic acid groups (broad SMARTS) is 1. The number of rotatable bonds is 10. The average molecular weight is 385 g/mol. The molecule has 3 rings (SSSR count). The number of carbonyl (C=O) groups is 1. The monoisotopic (exact) mass is 384 g/mol. The van der Waals surface area contributed by atoms with E-state index in [2.05, 4.69) is 37.3 Å². The summed E-state index contributed by atoms with van der Waals surface area (Å²) in [5, 5.41) is 19.3. The van der Waals surface area contributed by atoms with E-state index >= 15 is 0 Å². The fourth-order valence-corrected chi connectivity index (χ4v) is 4.49. The van der Waals surface area contributed by atoms with Crippen LogP contribution in [0.3, 0.4) is 0 Å². The summed E-state index contributed by atoms with van der Waals surface area (Å²) in [6, 6.07) is 10.1. The maximum Gasteiger partial charge on any atom is 0.303 e. The minimum Gasteiger partial charge on any atom is -0.481 e. The first kappa shape index (κ1) is 20.8. The molecule has 2 heterocycles. The van der Waals surface area contributed by atoms with Crippen LogP contribution in [0.15, 0.2) is 54.6 Å². The minimum atomic E-state index is -0.733. The van der Waals surface area contributed by atoms with Crippen LogP contribution >= 0.6 is 0 Å². The van der Waals surface area contributed by atoms with Crippen LogP contribution in [0.5, 0.6) is 0 Å². The minimum absolute atomic E-state index is 0.0598. The highest BCUT2D eigenvalue weighted by atomic mass is 16.5. The Morgan fingerprint density at radius 2 is 1.96 bits per heavy atom. The van der Waals surface area contributed by atoms with Gasteiger partial charge in [-0.15, -0.1) is 0 Å². The van der Waals surface area contributed by atoms with Gasteiger partial charge in [0.15, 0.2) is 0 Å². The molecule has 0 aliphatic carbocycles. The normalized spacial score (nSPS) is 28.9. The van der Waals surface area contributed by atoms with Gasteiger partial charge in [0.2, 0.25) is 0 Å². The van der Waals surface area contributed by atoms with Gasteiger partial charge in [-0.25, -0.2) is 0 Å². The van der Waals surface area contributed by atoms with Crippen LogP contribution < -0.4 is 0 Å². The number of allylic oxidation sites excluding steroid dienone is 2. The van der Waals surface area contributed by atoms with Gasteiger partial charge in [0.25, 0.3) is 0 Å². The van der Waals surface area contributed by atoms with Crippen molar-refractivity contribution in [2.45, 2.75) is 69.7 Å². The number of fused-ring (bicyclic) bond motifs is 2. The molecule has 2 bridgehead atoms. The van der Waals surface area contributed by atoms with Crippen LogP contribution in [0.2, 0.25) is 0 Å². The standard InChI is InChI=1S/C24H32O4/c1-17(18-9-5-4-6-10-18)21(25)14-13-20-19(22-15-16-23(20)28-22)11-7-2-3-8-12-24(26)27/h2,4-7,9-10,13-14,17,19-23,25H,3,8,11-12,15-16H2,1H3,(H,26,27)/t17?,19-,20+,21?,22-,23+/m1/s1. The lowest BCUT2D eigenvalue weighted by Gasteiger charge is -2.25. The van der Waals surface area contributed by atoms with Crippen LogP contribution in [0.25, 0.3) is 0 Å². The zero-order valence-electron chi connectivity index (χ0n) is 16.6. The van der Waals surface area contributed by atoms with Gasteiger partial charge < -0.3 is 14.9 Å². The first-order chi connectivity index (χ1) is 13.6. The van der Waals surface area contributed by atoms with Gasteiger partial charge in [0.1, 0.15) is 0 Å². The molecule has 2 unspecified atom stereocenters. The molecule has 0 amide bonds. The summed E-state index contributed by atoms with van der Waals surface area (Å²) < 4.78 is 6.14. The largest absolute Gasteiger partial charge is 0.481 e. The Morgan fingerprint density at radius 3 is 2.71 bits per heavy atom. The molecule has 1 aromatic rings. The summed E-state index contributed by atoms with van der Waals surface area (Å²) in [6.07, 6.45) is 13.4. The number of unbranched alkanes of at least 4 members (excludes halogenated alkanes) is 1. The SMILES string of the molecule is CC(c1ccccc1)C(O)C=C[C@H]1[C@@H](CC=CCCCC(=O)O)[C@H]2CC[C@@H]1O2. The molecule has 2 aliphatic rings. The van der Waals surface area contributed by atoms with Gasteiger partial charge in [-0.3, -0.25) is 4.79 Å². The van der Waals surface area contributed by atoms with E-state index in [9.17, 15) is 9.90 Å². The van der Waals surface area contributed by atoms with Gasteiger partial charge in [-0.05, 0) is 43.6 Å². The number of ether oxygens (including phenoxy) is 1. The highest BCUT2D eigenvalue weighted by Gasteiger charge is 2.46. The Balaban J connectivity index is 1.54. The van der Waals surface area contributed by atoms with Crippen molar-refractivity contribution in [1.29, 1.82) is 0 Å². The van der Waals surface area contributed by atoms with Crippen molar-refractivity contribution >= 4 is 5.97 Å². The Bertz CT molecular complexity index is 681. The van der Waals surface area contributed by atoms with Crippen LogP contribution in [0, 0.1) is 11.8 Å². The molecule has 0 spiro atoms. The Morgan fingerprint density at radius 1 is 1.21 bits per heavy atom. The van der Waals surface area contributed by atoms with Crippen molar-refractivity contribution in [1.82, 2.24) is 0 Å². The third-order valence-electron chi connectivity index (χ3n) is 6.19. The van der Waals surface area contributed by atoms with Crippen molar-refractivity contribution in [3.05, 3.63) is 60.2 Å². The summed E-state index contributed by atoms with van der Waals surface area (Å²) in [4.78, 5) is 10.6. The smallest absolute Gasteiger partial charge is 0.303 e. The van der Waals surface area contributed by atoms with E-state index in [4.69, 9.17) is 9.84 Å². The third-order valence-corrected chi connectivity index (χ3v) is 6.19. The van der Waals surface area contributed by atoms with Gasteiger partial charge in [0.05, 0.1) is 18.3 Å². The molecule has 0 radical (unpaired) electrons. The zero-order valence-corrected chi connectivity index (χ0v) is 16.6. The summed E-state index contributed by atoms with van der Waals surface area (Å²) in [5.41, 5.74) is 1.14. The second-order valence-electron chi connectivity index (χ2n) is 8.10. The molecule has 4 nitrogen and oxygen atoms in total. The lowest BCUT2D eigenvalue weighted by Crippen LogP contribution is -2.26. The summed E-state index contributed by atoms with van der Waals surface area (Å²) in [5.74, 6) is 0.123. The van der Waals surface area contributed by atoms with Gasteiger partial charge in [-0.2, -0.15) is 0 Å². The molecule has 0 aromatic heterocycles. The van der Waals surface area contributed by atoms with E-state index in [1.54, 1.807) is 0 Å². The van der Waals surface area contributed by atoms with Crippen LogP contribution in [0.1, 0.15) is 56.9 Å². The lowest BCUT2D eigenvalue weighted by atomic mass is 9.77. The molecular weight excluding hydrogens is 352 g/mol. The second-order valence-corrected chi connectivity index (χ2v) is 8.10. The highest BCUT2D eigenvalue weighted by molar-refractivity contribution is 5.66. The number of carboxylic acids is 1. The first-order valence-corrected chi connectivity index (χ1v) is 10.5. The highest BCUT2D eigenvalue weighted by Crippen LogP contribution is 2.46. The Labute approximate surface area is 167 Å². The maximum absolute atomic E-state index is 10.6. The van der Waals surface area contributed by atoms with E-state index in [-0.39, 0.29) is 18.4 Å². The number of hydrogen-bond donors (Lipinski definition) is 2. The molecule has 2 aliphatic heterocycles. The molecule has 1 aromatic carbocycles. The third kappa shape index (κ3) is 5.33. The van der Waals surface area contributed by atoms with Crippen LogP contribution in [-0.4, -0.2) is 34.5 Å². The average Bonchev–Trinajstić information content (AvgIpc) is 3.30. The Kier molecular flexibility index (Phi) is 7.46. The van der Waals surface area contributed by atoms with E-state index < -0.39 is 12.1 Å². The molecule has 6 atom stereocenters. The lowest BCUT2D eigenvalue weighted by molar-refractivity contribution is -0.137. The van der Waals surface area contributed by atoms with Crippen molar-refractivity contribution in [2.75, 3.05) is 0 Å². The molecule has 2 fully saturated rings. The van der Waals surface area contributed by atoms with Gasteiger partial charge in [0, 0.05) is 18.3 Å². The first-order valence-electron chi connectivity index (χ1n) is 10.5. The maximum atomic E-state index is 10.6. The summed E-state index contributed by atoms with van der Waals surface area (Å²) in [6.45, 7) is 2.05. The van der Waals surface area contributed by atoms with Crippen molar-refractivity contribution in [3.63, 3.8) is 0 Å². The van der Waals surface area contributed by atoms with Crippen LogP contribution in [0.4, 0.5) is 0 Å². The van der Waals surface area contributed by atoms with Crippen LogP contribution in [-0.2, 0) is 9.53 Å². The predicted octanol–water partition coefficient (Wildman–Crippen LogP) is 4.70. The number of aliphatic carboxylic acids is 1. The number of benzene rings is 1. The van der Waals surface area contributed by atoms with E-state index in [0.29, 0.717) is 24.4 Å². The summed E-state index contributed by atoms with van der Waals surface area (Å²) >= 11 is 0. The van der Waals surface area contributed by atoms with E-state index in [1.807, 2.05) is 24.3 Å². The molecular formula is C24H32O4. The van der Waals surface area contributed by atoms with E-state index in [0.717, 1.165) is 31.2 Å². The fourth-order valence-electron chi connectivity index (χ4n) is 4.49. The molecule has 28 heavy (non-hydrogen) atoms. The predicted molar refractivity (Wildman–Crippen MR) is 110 cm³/mol. The van der Waals surface area contributed by atoms with Crippen molar-refractivity contribution < 1.29 is 19.7 Å². The quantitative estimate of drug-likeness (QED) is 0.453. The van der Waals surface area contributed by atoms with Gasteiger partial charge in [-0.1, -0.05) is 61.6 Å². The fraction of sp³-hybridized carbons (Fsp3) is 0.542. The molecule has 2 N–H and O–H groups in total. The summed E-state index contributed by atoms with van der Waals surface area (Å²) in [7, 11) is 0. The van der Waals surface area contributed by atoms with E-state index in [1.165, 1.54) is 0 Å². The van der Waals surface area contributed by atoms with Gasteiger partial charge >= 0.3 is 5.97 Å². The number of aliphatic hydroxyl groups is 1. The molecule has 152 valence electrons. The number of hydrogen-bond acceptors (Lipinski definition) is 3. The molecule has 4 heteroatoms. The zero-order chi connectivity index (χ0) is 19.9. The molecule has 2 saturated heterocycles. The topological polar surface area (TPSA) is 66.8 Å². The second kappa shape index (κ2) is 10.0. The molecule has 0 saturated carbocycles. The van der Waals surface area contributed by atoms with Crippen molar-refractivity contribution in [3.8, 4) is 0 Å². The van der Waals surface area contributed by atoms with Crippen molar-refractivity contribution in [2.24, 2.45) is 11.8 Å². The Hall–Kier alpha value is -1.91. The number of aliphatic hydroxyl groups excluding tert-OH is 1.